The predicted octanol–water partition coefficient (Wildman–Crippen LogP) is 4.09. The maximum atomic E-state index is 13.9. The number of rotatable bonds is 5. The van der Waals surface area contributed by atoms with Crippen LogP contribution in [0, 0.1) is 5.92 Å². The van der Waals surface area contributed by atoms with Crippen LogP contribution in [0.2, 0.25) is 0 Å². The van der Waals surface area contributed by atoms with Crippen LogP contribution in [0.15, 0.2) is 81.7 Å². The van der Waals surface area contributed by atoms with Crippen molar-refractivity contribution in [1.29, 1.82) is 0 Å². The Morgan fingerprint density at radius 3 is 2.46 bits per heavy atom. The van der Waals surface area contributed by atoms with Gasteiger partial charge in [-0.3, -0.25) is 14.4 Å². The summed E-state index contributed by atoms with van der Waals surface area (Å²) < 4.78 is 2.50. The molecule has 2 amide bonds. The molecule has 0 aliphatic carbocycles. The monoisotopic (exact) mass is 560 g/mol. The highest BCUT2D eigenvalue weighted by atomic mass is 79.9. The summed E-state index contributed by atoms with van der Waals surface area (Å²) in [7, 11) is 3.94. The number of nitrogens with zero attached hydrogens (tertiary/aromatic N) is 3. The highest BCUT2D eigenvalue weighted by Crippen LogP contribution is 2.35. The van der Waals surface area contributed by atoms with Crippen molar-refractivity contribution in [3.05, 3.63) is 104 Å². The van der Waals surface area contributed by atoms with E-state index in [9.17, 15) is 14.4 Å². The number of nitrogens with one attached hydrogen (secondary N) is 1. The molecule has 2 aliphatic rings. The third kappa shape index (κ3) is 5.25. The largest absolute Gasteiger partial charge is 0.378 e. The zero-order valence-corrected chi connectivity index (χ0v) is 22.4. The molecule has 0 unspecified atom stereocenters. The number of hydrogen-bond acceptors (Lipinski definition) is 4. The van der Waals surface area contributed by atoms with E-state index in [0.29, 0.717) is 29.7 Å². The zero-order valence-electron chi connectivity index (χ0n) is 20.9. The molecule has 3 aromatic rings. The fourth-order valence-corrected chi connectivity index (χ4v) is 5.72. The second-order valence-electron chi connectivity index (χ2n) is 9.89. The fourth-order valence-electron chi connectivity index (χ4n) is 5.25. The first kappa shape index (κ1) is 25.0. The molecule has 3 heterocycles. The van der Waals surface area contributed by atoms with E-state index < -0.39 is 0 Å². The molecular weight excluding hydrogens is 532 g/mol. The van der Waals surface area contributed by atoms with Crippen LogP contribution in [0.5, 0.6) is 0 Å². The number of carbonyl (C=O) groups is 2. The summed E-state index contributed by atoms with van der Waals surface area (Å²) in [5.74, 6) is -0.301. The molecule has 0 radical (unpaired) electrons. The standard InChI is InChI=1S/C29H29BrN4O3/c1-32(2)22-12-10-19(11-13-22)15-25(31-28(36)23-6-3-4-7-24(23)30)29(37)33-16-20-14-21(18-33)26-8-5-9-27(35)34(26)17-20/h3-13,15,20-21H,14,16-18H2,1-2H3,(H,31,36)/b25-15-/t20-,21+/m1/s1. The van der Waals surface area contributed by atoms with E-state index in [1.54, 1.807) is 36.4 Å². The Morgan fingerprint density at radius 2 is 1.73 bits per heavy atom. The Balaban J connectivity index is 1.45. The summed E-state index contributed by atoms with van der Waals surface area (Å²) >= 11 is 3.43. The van der Waals surface area contributed by atoms with Gasteiger partial charge in [-0.05, 0) is 70.2 Å². The number of benzene rings is 2. The van der Waals surface area contributed by atoms with Crippen LogP contribution in [0.1, 0.15) is 34.0 Å². The number of carbonyl (C=O) groups excluding carboxylic acids is 2. The van der Waals surface area contributed by atoms with Crippen molar-refractivity contribution in [3.8, 4) is 0 Å². The second kappa shape index (κ2) is 10.4. The van der Waals surface area contributed by atoms with E-state index >= 15 is 0 Å². The lowest BCUT2D eigenvalue weighted by molar-refractivity contribution is -0.130. The van der Waals surface area contributed by atoms with E-state index in [-0.39, 0.29) is 34.9 Å². The van der Waals surface area contributed by atoms with Crippen LogP contribution >= 0.6 is 15.9 Å². The van der Waals surface area contributed by atoms with Crippen molar-refractivity contribution in [1.82, 2.24) is 14.8 Å². The molecule has 2 aliphatic heterocycles. The Hall–Kier alpha value is -3.65. The molecule has 37 heavy (non-hydrogen) atoms. The van der Waals surface area contributed by atoms with E-state index in [1.165, 1.54) is 0 Å². The summed E-state index contributed by atoms with van der Waals surface area (Å²) in [5.41, 5.74) is 3.52. The molecule has 7 nitrogen and oxygen atoms in total. The quantitative estimate of drug-likeness (QED) is 0.477. The molecule has 1 fully saturated rings. The molecule has 0 saturated carbocycles. The molecule has 8 heteroatoms. The van der Waals surface area contributed by atoms with Gasteiger partial charge in [0.15, 0.2) is 0 Å². The summed E-state index contributed by atoms with van der Waals surface area (Å²) in [6.45, 7) is 1.64. The predicted molar refractivity (Wildman–Crippen MR) is 148 cm³/mol. The molecule has 1 saturated heterocycles. The molecule has 2 atom stereocenters. The third-order valence-corrected chi connectivity index (χ3v) is 7.78. The number of halogens is 1. The second-order valence-corrected chi connectivity index (χ2v) is 10.7. The van der Waals surface area contributed by atoms with Crippen molar-refractivity contribution < 1.29 is 9.59 Å². The first-order valence-corrected chi connectivity index (χ1v) is 13.1. The average molecular weight is 561 g/mol. The van der Waals surface area contributed by atoms with Gasteiger partial charge in [0.05, 0.1) is 5.56 Å². The first-order chi connectivity index (χ1) is 17.8. The van der Waals surface area contributed by atoms with E-state index in [4.69, 9.17) is 0 Å². The van der Waals surface area contributed by atoms with Crippen molar-refractivity contribution in [2.24, 2.45) is 5.92 Å². The minimum absolute atomic E-state index is 0.00874. The molecule has 2 bridgehead atoms. The topological polar surface area (TPSA) is 74.7 Å². The highest BCUT2D eigenvalue weighted by molar-refractivity contribution is 9.10. The Labute approximate surface area is 224 Å². The molecule has 1 aromatic heterocycles. The van der Waals surface area contributed by atoms with Crippen LogP contribution in [-0.2, 0) is 11.3 Å². The van der Waals surface area contributed by atoms with Gasteiger partial charge in [-0.15, -0.1) is 0 Å². The first-order valence-electron chi connectivity index (χ1n) is 12.3. The number of anilines is 1. The number of aromatic nitrogens is 1. The number of amides is 2. The summed E-state index contributed by atoms with van der Waals surface area (Å²) in [6.07, 6.45) is 2.68. The lowest BCUT2D eigenvalue weighted by atomic mass is 9.83. The van der Waals surface area contributed by atoms with Crippen molar-refractivity contribution in [2.75, 3.05) is 32.1 Å². The highest BCUT2D eigenvalue weighted by Gasteiger charge is 2.37. The van der Waals surface area contributed by atoms with E-state index in [1.807, 2.05) is 64.9 Å². The van der Waals surface area contributed by atoms with Gasteiger partial charge in [-0.25, -0.2) is 0 Å². The van der Waals surface area contributed by atoms with Gasteiger partial charge < -0.3 is 19.7 Å². The number of piperidine rings is 1. The van der Waals surface area contributed by atoms with Crippen molar-refractivity contribution in [2.45, 2.75) is 18.9 Å². The summed E-state index contributed by atoms with van der Waals surface area (Å²) in [6, 6.07) is 20.3. The molecule has 0 spiro atoms. The van der Waals surface area contributed by atoms with Crippen LogP contribution in [0.25, 0.3) is 6.08 Å². The Morgan fingerprint density at radius 1 is 0.973 bits per heavy atom. The number of hydrogen-bond donors (Lipinski definition) is 1. The van der Waals surface area contributed by atoms with Crippen LogP contribution < -0.4 is 15.8 Å². The maximum Gasteiger partial charge on any atom is 0.270 e. The molecular formula is C29H29BrN4O3. The third-order valence-electron chi connectivity index (χ3n) is 7.08. The lowest BCUT2D eigenvalue weighted by Gasteiger charge is -2.43. The van der Waals surface area contributed by atoms with Gasteiger partial charge in [0.1, 0.15) is 5.70 Å². The minimum Gasteiger partial charge on any atom is -0.378 e. The SMILES string of the molecule is CN(C)c1ccc(/C=C(\NC(=O)c2ccccc2Br)C(=O)N2C[C@H]3C[C@@H](C2)c2cccc(=O)n2C3)cc1. The van der Waals surface area contributed by atoms with Crippen LogP contribution in [0.3, 0.4) is 0 Å². The van der Waals surface area contributed by atoms with Gasteiger partial charge in [0.25, 0.3) is 17.4 Å². The zero-order chi connectivity index (χ0) is 26.1. The van der Waals surface area contributed by atoms with Crippen molar-refractivity contribution >= 4 is 39.5 Å². The van der Waals surface area contributed by atoms with Crippen molar-refractivity contribution in [3.63, 3.8) is 0 Å². The molecule has 190 valence electrons. The average Bonchev–Trinajstić information content (AvgIpc) is 2.89. The van der Waals surface area contributed by atoms with Crippen LogP contribution in [0.4, 0.5) is 5.69 Å². The number of likely N-dealkylation sites (tertiary alicyclic amines) is 1. The molecule has 2 aromatic carbocycles. The lowest BCUT2D eigenvalue weighted by Crippen LogP contribution is -2.50. The van der Waals surface area contributed by atoms with Gasteiger partial charge in [0, 0.05) is 61.6 Å². The van der Waals surface area contributed by atoms with E-state index in [0.717, 1.165) is 23.4 Å². The fraction of sp³-hybridized carbons (Fsp3) is 0.276. The van der Waals surface area contributed by atoms with E-state index in [2.05, 4.69) is 21.2 Å². The maximum absolute atomic E-state index is 13.9. The summed E-state index contributed by atoms with van der Waals surface area (Å²) in [5, 5.41) is 2.89. The van der Waals surface area contributed by atoms with Crippen LogP contribution in [-0.4, -0.2) is 48.5 Å². The normalized spacial score (nSPS) is 18.7. The van der Waals surface area contributed by atoms with Gasteiger partial charge in [0.2, 0.25) is 0 Å². The summed E-state index contributed by atoms with van der Waals surface area (Å²) in [4.78, 5) is 43.3. The molecule has 5 rings (SSSR count). The minimum atomic E-state index is -0.355. The molecule has 1 N–H and O–H groups in total. The Kier molecular flexibility index (Phi) is 7.02. The Bertz CT molecular complexity index is 1430. The van der Waals surface area contributed by atoms with Gasteiger partial charge in [-0.1, -0.05) is 30.3 Å². The number of fused-ring (bicyclic) bond motifs is 4. The number of pyridine rings is 1. The smallest absolute Gasteiger partial charge is 0.270 e. The van der Waals surface area contributed by atoms with Gasteiger partial charge >= 0.3 is 0 Å². The van der Waals surface area contributed by atoms with Gasteiger partial charge in [-0.2, -0.15) is 0 Å².